The van der Waals surface area contributed by atoms with Crippen molar-refractivity contribution in [2.24, 2.45) is 12.8 Å². The second kappa shape index (κ2) is 5.64. The van der Waals surface area contributed by atoms with E-state index >= 15 is 0 Å². The highest BCUT2D eigenvalue weighted by Crippen LogP contribution is 2.16. The zero-order valence-electron chi connectivity index (χ0n) is 10.8. The largest absolute Gasteiger partial charge is 0.491 e. The summed E-state index contributed by atoms with van der Waals surface area (Å²) in [7, 11) is 1.92. The highest BCUT2D eigenvalue weighted by molar-refractivity contribution is 5.29. The summed E-state index contributed by atoms with van der Waals surface area (Å²) in [6.07, 6.45) is 2.60. The van der Waals surface area contributed by atoms with E-state index in [1.165, 1.54) is 0 Å². The summed E-state index contributed by atoms with van der Waals surface area (Å²) in [6, 6.07) is 5.84. The van der Waals surface area contributed by atoms with E-state index in [2.05, 4.69) is 10.1 Å². The Hall–Kier alpha value is -1.88. The van der Waals surface area contributed by atoms with E-state index in [-0.39, 0.29) is 0 Å². The first-order valence-corrected chi connectivity index (χ1v) is 5.97. The minimum Gasteiger partial charge on any atom is -0.491 e. The third kappa shape index (κ3) is 2.87. The second-order valence-corrected chi connectivity index (χ2v) is 4.15. The van der Waals surface area contributed by atoms with Gasteiger partial charge in [-0.25, -0.2) is 0 Å². The first kappa shape index (κ1) is 12.6. The molecule has 18 heavy (non-hydrogen) atoms. The minimum atomic E-state index is 0.392. The maximum atomic E-state index is 5.73. The Morgan fingerprint density at radius 3 is 2.83 bits per heavy atom. The van der Waals surface area contributed by atoms with Gasteiger partial charge in [-0.2, -0.15) is 5.10 Å². The lowest BCUT2D eigenvalue weighted by atomic mass is 10.3. The van der Waals surface area contributed by atoms with Gasteiger partial charge in [0.2, 0.25) is 0 Å². The van der Waals surface area contributed by atoms with Gasteiger partial charge in [-0.15, -0.1) is 0 Å². The van der Waals surface area contributed by atoms with Crippen LogP contribution in [0.3, 0.4) is 0 Å². The van der Waals surface area contributed by atoms with Crippen molar-refractivity contribution in [3.63, 3.8) is 0 Å². The lowest BCUT2D eigenvalue weighted by Gasteiger charge is -2.10. The number of aryl methyl sites for hydroxylation is 2. The lowest BCUT2D eigenvalue weighted by Crippen LogP contribution is -2.09. The molecule has 0 spiro atoms. The Balaban J connectivity index is 1.96. The molecule has 0 radical (unpaired) electrons. The van der Waals surface area contributed by atoms with Crippen LogP contribution in [0, 0.1) is 6.92 Å². The van der Waals surface area contributed by atoms with Crippen molar-refractivity contribution in [3.05, 3.63) is 41.5 Å². The first-order valence-electron chi connectivity index (χ1n) is 5.97. The number of hydrogen-bond acceptors (Lipinski definition) is 4. The highest BCUT2D eigenvalue weighted by Gasteiger charge is 2.05. The van der Waals surface area contributed by atoms with Crippen LogP contribution in [0.1, 0.15) is 17.1 Å². The molecule has 0 amide bonds. The van der Waals surface area contributed by atoms with Crippen LogP contribution in [0.5, 0.6) is 5.75 Å². The van der Waals surface area contributed by atoms with Gasteiger partial charge in [0.25, 0.3) is 0 Å². The highest BCUT2D eigenvalue weighted by atomic mass is 16.5. The number of aromatic nitrogens is 3. The smallest absolute Gasteiger partial charge is 0.142 e. The summed E-state index contributed by atoms with van der Waals surface area (Å²) in [5, 5.41) is 4.12. The molecule has 0 bridgehead atoms. The summed E-state index contributed by atoms with van der Waals surface area (Å²) in [5.74, 6) is 0.769. The van der Waals surface area contributed by atoms with E-state index in [4.69, 9.17) is 10.5 Å². The fraction of sp³-hybridized carbons (Fsp3) is 0.385. The molecule has 96 valence electrons. The third-order valence-corrected chi connectivity index (χ3v) is 2.80. The van der Waals surface area contributed by atoms with Crippen molar-refractivity contribution in [2.75, 3.05) is 6.61 Å². The second-order valence-electron chi connectivity index (χ2n) is 4.15. The van der Waals surface area contributed by atoms with E-state index in [0.717, 1.165) is 29.3 Å². The number of pyridine rings is 1. The summed E-state index contributed by atoms with van der Waals surface area (Å²) in [4.78, 5) is 4.36. The molecule has 2 aromatic rings. The molecular formula is C13H18N4O. The van der Waals surface area contributed by atoms with Gasteiger partial charge in [-0.1, -0.05) is 0 Å². The van der Waals surface area contributed by atoms with Gasteiger partial charge in [0.05, 0.1) is 12.3 Å². The minimum absolute atomic E-state index is 0.392. The van der Waals surface area contributed by atoms with Gasteiger partial charge >= 0.3 is 0 Å². The Bertz CT molecular complexity index is 521. The van der Waals surface area contributed by atoms with Crippen LogP contribution in [0.15, 0.2) is 24.4 Å². The molecule has 0 saturated carbocycles. The zero-order chi connectivity index (χ0) is 13.0. The van der Waals surface area contributed by atoms with Crippen LogP contribution in [0.2, 0.25) is 0 Å². The summed E-state index contributed by atoms with van der Waals surface area (Å²) < 4.78 is 7.58. The van der Waals surface area contributed by atoms with Crippen LogP contribution >= 0.6 is 0 Å². The predicted molar refractivity (Wildman–Crippen MR) is 69.3 cm³/mol. The molecule has 5 heteroatoms. The number of nitrogens with two attached hydrogens (primary N) is 1. The van der Waals surface area contributed by atoms with Crippen LogP contribution in [-0.2, 0) is 20.0 Å². The normalized spacial score (nSPS) is 10.6. The average Bonchev–Trinajstić information content (AvgIpc) is 2.77. The number of rotatable bonds is 5. The topological polar surface area (TPSA) is 66.0 Å². The zero-order valence-corrected chi connectivity index (χ0v) is 10.8. The van der Waals surface area contributed by atoms with Crippen LogP contribution in [0.25, 0.3) is 0 Å². The summed E-state index contributed by atoms with van der Waals surface area (Å²) >= 11 is 0. The fourth-order valence-corrected chi connectivity index (χ4v) is 1.79. The third-order valence-electron chi connectivity index (χ3n) is 2.80. The molecule has 0 fully saturated rings. The average molecular weight is 246 g/mol. The molecule has 0 aromatic carbocycles. The monoisotopic (exact) mass is 246 g/mol. The first-order chi connectivity index (χ1) is 8.70. The molecule has 2 N–H and O–H groups in total. The Kier molecular flexibility index (Phi) is 3.94. The molecule has 5 nitrogen and oxygen atoms in total. The Morgan fingerprint density at radius 1 is 1.33 bits per heavy atom. The van der Waals surface area contributed by atoms with Gasteiger partial charge in [-0.3, -0.25) is 9.67 Å². The van der Waals surface area contributed by atoms with Gasteiger partial charge in [-0.05, 0) is 25.1 Å². The molecule has 2 rings (SSSR count). The molecule has 0 unspecified atom stereocenters. The Morgan fingerprint density at radius 2 is 2.17 bits per heavy atom. The molecule has 0 aliphatic rings. The molecule has 0 aliphatic heterocycles. The maximum absolute atomic E-state index is 5.73. The molecule has 0 atom stereocenters. The van der Waals surface area contributed by atoms with Gasteiger partial charge in [0.1, 0.15) is 5.75 Å². The number of hydrogen-bond donors (Lipinski definition) is 1. The lowest BCUT2D eigenvalue weighted by molar-refractivity contribution is 0.313. The SMILES string of the molecule is Cc1ccc(OCCc2ccnn2C)c(CN)n1. The number of ether oxygens (including phenoxy) is 1. The standard InChI is InChI=1S/C13H18N4O/c1-10-3-4-13(12(9-14)16-10)18-8-6-11-5-7-15-17(11)2/h3-5,7H,6,8-9,14H2,1-2H3. The molecular weight excluding hydrogens is 228 g/mol. The van der Waals surface area contributed by atoms with Crippen molar-refractivity contribution in [2.45, 2.75) is 19.9 Å². The van der Waals surface area contributed by atoms with Crippen LogP contribution in [0.4, 0.5) is 0 Å². The van der Waals surface area contributed by atoms with E-state index in [1.54, 1.807) is 6.20 Å². The molecule has 0 aliphatic carbocycles. The van der Waals surface area contributed by atoms with Crippen LogP contribution in [-0.4, -0.2) is 21.4 Å². The van der Waals surface area contributed by atoms with E-state index in [0.29, 0.717) is 13.2 Å². The fourth-order valence-electron chi connectivity index (χ4n) is 1.79. The van der Waals surface area contributed by atoms with Crippen molar-refractivity contribution in [1.82, 2.24) is 14.8 Å². The Labute approximate surface area is 107 Å². The van der Waals surface area contributed by atoms with Crippen molar-refractivity contribution >= 4 is 0 Å². The van der Waals surface area contributed by atoms with Gasteiger partial charge in [0, 0.05) is 37.6 Å². The molecule has 2 heterocycles. The van der Waals surface area contributed by atoms with E-state index in [9.17, 15) is 0 Å². The summed E-state index contributed by atoms with van der Waals surface area (Å²) in [5.41, 5.74) is 8.56. The maximum Gasteiger partial charge on any atom is 0.142 e. The van der Waals surface area contributed by atoms with Crippen LogP contribution < -0.4 is 10.5 Å². The number of nitrogens with zero attached hydrogens (tertiary/aromatic N) is 3. The summed E-state index contributed by atoms with van der Waals surface area (Å²) in [6.45, 7) is 2.93. The van der Waals surface area contributed by atoms with Crippen molar-refractivity contribution in [3.8, 4) is 5.75 Å². The quantitative estimate of drug-likeness (QED) is 0.861. The molecule has 0 saturated heterocycles. The van der Waals surface area contributed by atoms with E-state index < -0.39 is 0 Å². The predicted octanol–water partition coefficient (Wildman–Crippen LogP) is 1.20. The van der Waals surface area contributed by atoms with Gasteiger partial charge < -0.3 is 10.5 Å². The van der Waals surface area contributed by atoms with Gasteiger partial charge in [0.15, 0.2) is 0 Å². The van der Waals surface area contributed by atoms with E-state index in [1.807, 2.05) is 36.9 Å². The van der Waals surface area contributed by atoms with Crippen molar-refractivity contribution in [1.29, 1.82) is 0 Å². The molecule has 2 aromatic heterocycles. The van der Waals surface area contributed by atoms with Crippen molar-refractivity contribution < 1.29 is 4.74 Å².